The van der Waals surface area contributed by atoms with Crippen molar-refractivity contribution in [2.75, 3.05) is 20.1 Å². The number of nitrogens with one attached hydrogen (secondary N) is 4. The first-order valence-corrected chi connectivity index (χ1v) is 9.38. The normalized spacial score (nSPS) is 12.2. The Morgan fingerprint density at radius 3 is 2.25 bits per heavy atom. The number of hydrogen-bond acceptors (Lipinski definition) is 4. The minimum atomic E-state index is -0.958. The topological polar surface area (TPSA) is 99.3 Å². The first kappa shape index (κ1) is 23.6. The van der Waals surface area contributed by atoms with Gasteiger partial charge in [-0.05, 0) is 51.9 Å². The molecule has 1 atom stereocenters. The molecule has 0 saturated carbocycles. The highest BCUT2D eigenvalue weighted by atomic mass is 19.1. The van der Waals surface area contributed by atoms with Gasteiger partial charge in [-0.2, -0.15) is 0 Å². The van der Waals surface area contributed by atoms with Crippen LogP contribution in [0, 0.1) is 5.82 Å². The fourth-order valence-corrected chi connectivity index (χ4v) is 2.47. The van der Waals surface area contributed by atoms with Crippen LogP contribution in [0.25, 0.3) is 0 Å². The Morgan fingerprint density at radius 2 is 1.68 bits per heavy atom. The van der Waals surface area contributed by atoms with E-state index in [2.05, 4.69) is 21.3 Å². The molecule has 0 aliphatic carbocycles. The fraction of sp³-hybridized carbons (Fsp3) is 0.550. The Morgan fingerprint density at radius 1 is 1.04 bits per heavy atom. The first-order valence-electron chi connectivity index (χ1n) is 9.38. The van der Waals surface area contributed by atoms with Crippen molar-refractivity contribution in [1.82, 2.24) is 21.3 Å². The third-order valence-electron chi connectivity index (χ3n) is 3.78. The molecule has 0 radical (unpaired) electrons. The van der Waals surface area contributed by atoms with Gasteiger partial charge in [-0.3, -0.25) is 14.4 Å². The first-order chi connectivity index (χ1) is 13.1. The zero-order valence-electron chi connectivity index (χ0n) is 17.0. The van der Waals surface area contributed by atoms with E-state index >= 15 is 0 Å². The lowest BCUT2D eigenvalue weighted by Crippen LogP contribution is -2.51. The third kappa shape index (κ3) is 10.0. The SMILES string of the molecule is CNCCNC(=O)C(CC(=O)NC(C)(C)C)NC(=O)CCc1ccc(F)cc1. The molecule has 8 heteroatoms. The van der Waals surface area contributed by atoms with Crippen molar-refractivity contribution in [2.45, 2.75) is 51.6 Å². The van der Waals surface area contributed by atoms with Crippen LogP contribution in [0.2, 0.25) is 0 Å². The second-order valence-corrected chi connectivity index (χ2v) is 7.64. The number of benzene rings is 1. The molecule has 156 valence electrons. The summed E-state index contributed by atoms with van der Waals surface area (Å²) in [6.45, 7) is 6.49. The van der Waals surface area contributed by atoms with E-state index in [-0.39, 0.29) is 30.5 Å². The Kier molecular flexibility index (Phi) is 9.58. The molecule has 0 fully saturated rings. The molecule has 3 amide bonds. The van der Waals surface area contributed by atoms with E-state index in [9.17, 15) is 18.8 Å². The molecule has 28 heavy (non-hydrogen) atoms. The maximum Gasteiger partial charge on any atom is 0.243 e. The van der Waals surface area contributed by atoms with Gasteiger partial charge in [-0.1, -0.05) is 12.1 Å². The van der Waals surface area contributed by atoms with Crippen molar-refractivity contribution in [3.8, 4) is 0 Å². The standard InChI is InChI=1S/C20H31FN4O3/c1-20(2,3)25-18(27)13-16(19(28)23-12-11-22-4)24-17(26)10-7-14-5-8-15(21)9-6-14/h5-6,8-9,16,22H,7,10-13H2,1-4H3,(H,23,28)(H,24,26)(H,25,27). The van der Waals surface area contributed by atoms with E-state index in [1.165, 1.54) is 12.1 Å². The van der Waals surface area contributed by atoms with E-state index < -0.39 is 17.5 Å². The predicted octanol–water partition coefficient (Wildman–Crippen LogP) is 0.884. The van der Waals surface area contributed by atoms with Gasteiger partial charge in [0.25, 0.3) is 0 Å². The Hall–Kier alpha value is -2.48. The van der Waals surface area contributed by atoms with Crippen LogP contribution < -0.4 is 21.3 Å². The number of carbonyl (C=O) groups excluding carboxylic acids is 3. The van der Waals surface area contributed by atoms with Crippen LogP contribution in [0.1, 0.15) is 39.2 Å². The van der Waals surface area contributed by atoms with Gasteiger partial charge in [0.05, 0.1) is 6.42 Å². The monoisotopic (exact) mass is 394 g/mol. The van der Waals surface area contributed by atoms with Crippen molar-refractivity contribution in [3.05, 3.63) is 35.6 Å². The maximum absolute atomic E-state index is 12.9. The number of amides is 3. The number of halogens is 1. The van der Waals surface area contributed by atoms with Gasteiger partial charge in [0, 0.05) is 25.0 Å². The Bertz CT molecular complexity index is 656. The summed E-state index contributed by atoms with van der Waals surface area (Å²) < 4.78 is 12.9. The molecule has 0 bridgehead atoms. The van der Waals surface area contributed by atoms with Gasteiger partial charge in [0.15, 0.2) is 0 Å². The average Bonchev–Trinajstić information content (AvgIpc) is 2.59. The smallest absolute Gasteiger partial charge is 0.243 e. The molecule has 1 aromatic carbocycles. The summed E-state index contributed by atoms with van der Waals surface area (Å²) in [5.74, 6) is -1.41. The lowest BCUT2D eigenvalue weighted by atomic mass is 10.1. The van der Waals surface area contributed by atoms with Crippen molar-refractivity contribution < 1.29 is 18.8 Å². The van der Waals surface area contributed by atoms with Crippen molar-refractivity contribution in [2.24, 2.45) is 0 Å². The van der Waals surface area contributed by atoms with E-state index in [0.717, 1.165) is 5.56 Å². The maximum atomic E-state index is 12.9. The highest BCUT2D eigenvalue weighted by molar-refractivity contribution is 5.92. The molecule has 7 nitrogen and oxygen atoms in total. The predicted molar refractivity (Wildman–Crippen MR) is 106 cm³/mol. The zero-order chi connectivity index (χ0) is 21.2. The number of hydrogen-bond donors (Lipinski definition) is 4. The summed E-state index contributed by atoms with van der Waals surface area (Å²) in [5.41, 5.74) is 0.383. The van der Waals surface area contributed by atoms with Crippen LogP contribution in [-0.2, 0) is 20.8 Å². The van der Waals surface area contributed by atoms with Crippen molar-refractivity contribution in [3.63, 3.8) is 0 Å². The molecule has 0 aromatic heterocycles. The van der Waals surface area contributed by atoms with Gasteiger partial charge in [0.2, 0.25) is 17.7 Å². The van der Waals surface area contributed by atoms with E-state index in [0.29, 0.717) is 19.5 Å². The van der Waals surface area contributed by atoms with Crippen LogP contribution in [0.4, 0.5) is 4.39 Å². The fourth-order valence-electron chi connectivity index (χ4n) is 2.47. The Labute approximate surface area is 165 Å². The van der Waals surface area contributed by atoms with E-state index in [1.54, 1.807) is 19.2 Å². The van der Waals surface area contributed by atoms with Gasteiger partial charge < -0.3 is 21.3 Å². The molecule has 0 aliphatic rings. The summed E-state index contributed by atoms with van der Waals surface area (Å²) in [5, 5.41) is 11.0. The molecule has 1 aromatic rings. The van der Waals surface area contributed by atoms with Crippen LogP contribution in [-0.4, -0.2) is 49.4 Å². The number of rotatable bonds is 10. The lowest BCUT2D eigenvalue weighted by Gasteiger charge is -2.23. The minimum Gasteiger partial charge on any atom is -0.353 e. The summed E-state index contributed by atoms with van der Waals surface area (Å²) in [4.78, 5) is 36.9. The quantitative estimate of drug-likeness (QED) is 0.443. The Balaban J connectivity index is 2.65. The summed E-state index contributed by atoms with van der Waals surface area (Å²) in [6, 6.07) is 4.94. The van der Waals surface area contributed by atoms with E-state index in [1.807, 2.05) is 20.8 Å². The molecule has 0 spiro atoms. The van der Waals surface area contributed by atoms with Crippen LogP contribution in [0.5, 0.6) is 0 Å². The molecular weight excluding hydrogens is 363 g/mol. The van der Waals surface area contributed by atoms with Crippen molar-refractivity contribution >= 4 is 17.7 Å². The minimum absolute atomic E-state index is 0.132. The van der Waals surface area contributed by atoms with E-state index in [4.69, 9.17) is 0 Å². The largest absolute Gasteiger partial charge is 0.353 e. The summed E-state index contributed by atoms with van der Waals surface area (Å²) in [7, 11) is 1.76. The molecule has 1 unspecified atom stereocenters. The van der Waals surface area contributed by atoms with Crippen molar-refractivity contribution in [1.29, 1.82) is 0 Å². The van der Waals surface area contributed by atoms with Crippen LogP contribution in [0.15, 0.2) is 24.3 Å². The van der Waals surface area contributed by atoms with Gasteiger partial charge in [0.1, 0.15) is 11.9 Å². The number of carbonyl (C=O) groups is 3. The molecule has 0 heterocycles. The number of aryl methyl sites for hydroxylation is 1. The average molecular weight is 394 g/mol. The summed E-state index contributed by atoms with van der Waals surface area (Å²) >= 11 is 0. The second kappa shape index (κ2) is 11.4. The molecule has 4 N–H and O–H groups in total. The van der Waals surface area contributed by atoms with Gasteiger partial charge in [-0.25, -0.2) is 4.39 Å². The highest BCUT2D eigenvalue weighted by Crippen LogP contribution is 2.06. The lowest BCUT2D eigenvalue weighted by molar-refractivity contribution is -0.132. The third-order valence-corrected chi connectivity index (χ3v) is 3.78. The van der Waals surface area contributed by atoms with Gasteiger partial charge in [-0.15, -0.1) is 0 Å². The zero-order valence-corrected chi connectivity index (χ0v) is 17.0. The van der Waals surface area contributed by atoms with Gasteiger partial charge >= 0.3 is 0 Å². The van der Waals surface area contributed by atoms with Crippen LogP contribution in [0.3, 0.4) is 0 Å². The highest BCUT2D eigenvalue weighted by Gasteiger charge is 2.25. The molecule has 1 rings (SSSR count). The summed E-state index contributed by atoms with van der Waals surface area (Å²) in [6.07, 6.45) is 0.395. The second-order valence-electron chi connectivity index (χ2n) is 7.64. The van der Waals surface area contributed by atoms with Crippen LogP contribution >= 0.6 is 0 Å². The molecular formula is C20H31FN4O3. The molecule has 0 saturated heterocycles. The molecule has 0 aliphatic heterocycles. The number of likely N-dealkylation sites (N-methyl/N-ethyl adjacent to an activating group) is 1.